The zero-order valence-corrected chi connectivity index (χ0v) is 9.04. The highest BCUT2D eigenvalue weighted by Gasteiger charge is 1.98. The maximum absolute atomic E-state index is 2.39. The maximum atomic E-state index is 2.39. The van der Waals surface area contributed by atoms with Gasteiger partial charge in [-0.05, 0) is 22.0 Å². The third kappa shape index (κ3) is 5.48. The monoisotopic (exact) mass is 259 g/mol. The molecule has 0 aromatic carbocycles. The van der Waals surface area contributed by atoms with Crippen LogP contribution < -0.4 is 0 Å². The van der Waals surface area contributed by atoms with Gasteiger partial charge in [-0.3, -0.25) is 0 Å². The summed E-state index contributed by atoms with van der Waals surface area (Å²) in [6, 6.07) is 0. The molecule has 0 spiro atoms. The van der Waals surface area contributed by atoms with Gasteiger partial charge in [-0.2, -0.15) is 0 Å². The van der Waals surface area contributed by atoms with E-state index in [0.29, 0.717) is 0 Å². The minimum atomic E-state index is 1.22. The molecule has 0 saturated heterocycles. The van der Waals surface area contributed by atoms with Crippen molar-refractivity contribution in [2.75, 3.05) is 13.1 Å². The molecule has 0 aliphatic heterocycles. The van der Waals surface area contributed by atoms with Crippen LogP contribution in [0.5, 0.6) is 0 Å². The lowest BCUT2D eigenvalue weighted by atomic mass is 10.4. The summed E-state index contributed by atoms with van der Waals surface area (Å²) in [6.07, 6.45) is 2.52. The highest BCUT2D eigenvalue weighted by Crippen LogP contribution is 2.18. The first-order valence-electron chi connectivity index (χ1n) is 3.38. The zero-order chi connectivity index (χ0) is 7.11. The van der Waals surface area contributed by atoms with Gasteiger partial charge in [0.05, 0.1) is 0 Å². The normalized spacial score (nSPS) is 10.7. The SMILES string of the molecule is CCCN(CCC)SI. The quantitative estimate of drug-likeness (QED) is 0.551. The van der Waals surface area contributed by atoms with E-state index in [4.69, 9.17) is 0 Å². The molecule has 3 heteroatoms. The molecule has 0 N–H and O–H groups in total. The number of hydrogen-bond donors (Lipinski definition) is 0. The van der Waals surface area contributed by atoms with Crippen LogP contribution in [0.15, 0.2) is 0 Å². The van der Waals surface area contributed by atoms with Gasteiger partial charge < -0.3 is 0 Å². The zero-order valence-electron chi connectivity index (χ0n) is 6.06. The van der Waals surface area contributed by atoms with Gasteiger partial charge in [-0.1, -0.05) is 13.8 Å². The summed E-state index contributed by atoms with van der Waals surface area (Å²) in [4.78, 5) is 0. The van der Waals surface area contributed by atoms with Gasteiger partial charge in [-0.25, -0.2) is 4.31 Å². The number of hydrogen-bond acceptors (Lipinski definition) is 2. The first-order valence-corrected chi connectivity index (χ1v) is 6.70. The van der Waals surface area contributed by atoms with E-state index in [1.807, 2.05) is 9.12 Å². The predicted octanol–water partition coefficient (Wildman–Crippen LogP) is 3.11. The Balaban J connectivity index is 3.18. The lowest BCUT2D eigenvalue weighted by molar-refractivity contribution is 0.472. The van der Waals surface area contributed by atoms with Gasteiger partial charge in [0.2, 0.25) is 0 Å². The summed E-state index contributed by atoms with van der Waals surface area (Å²) in [5.74, 6) is 0. The van der Waals surface area contributed by atoms with Crippen molar-refractivity contribution in [1.29, 1.82) is 0 Å². The first kappa shape index (κ1) is 10.0. The second kappa shape index (κ2) is 7.15. The van der Waals surface area contributed by atoms with E-state index < -0.39 is 0 Å². The largest absolute Gasteiger partial charge is 0.242 e. The fraction of sp³-hybridized carbons (Fsp3) is 1.00. The standard InChI is InChI=1S/C6H14INS/c1-3-5-8(9-7)6-4-2/h3-6H2,1-2H3. The van der Waals surface area contributed by atoms with Crippen LogP contribution in [0.1, 0.15) is 26.7 Å². The Morgan fingerprint density at radius 2 is 1.67 bits per heavy atom. The summed E-state index contributed by atoms with van der Waals surface area (Å²) < 4.78 is 2.39. The minimum Gasteiger partial charge on any atom is -0.242 e. The average Bonchev–Trinajstić information content (AvgIpc) is 1.88. The van der Waals surface area contributed by atoms with E-state index in [1.54, 1.807) is 0 Å². The van der Waals surface area contributed by atoms with Crippen molar-refractivity contribution in [2.45, 2.75) is 26.7 Å². The molecule has 0 aromatic heterocycles. The molecule has 0 bridgehead atoms. The van der Waals surface area contributed by atoms with Gasteiger partial charge in [0.1, 0.15) is 0 Å². The van der Waals surface area contributed by atoms with Crippen molar-refractivity contribution >= 4 is 30.3 Å². The topological polar surface area (TPSA) is 3.24 Å². The fourth-order valence-corrected chi connectivity index (χ4v) is 2.36. The van der Waals surface area contributed by atoms with E-state index in [0.717, 1.165) is 0 Å². The Kier molecular flexibility index (Phi) is 7.98. The summed E-state index contributed by atoms with van der Waals surface area (Å²) in [5, 5.41) is 0. The first-order chi connectivity index (χ1) is 4.35. The third-order valence-electron chi connectivity index (χ3n) is 1.04. The summed E-state index contributed by atoms with van der Waals surface area (Å²) in [7, 11) is 1.82. The molecule has 0 fully saturated rings. The lowest BCUT2D eigenvalue weighted by Gasteiger charge is -2.14. The average molecular weight is 259 g/mol. The molecule has 0 rings (SSSR count). The molecular weight excluding hydrogens is 245 g/mol. The Morgan fingerprint density at radius 1 is 1.22 bits per heavy atom. The molecule has 9 heavy (non-hydrogen) atoms. The lowest BCUT2D eigenvalue weighted by Crippen LogP contribution is -2.15. The third-order valence-corrected chi connectivity index (χ3v) is 3.28. The minimum absolute atomic E-state index is 1.22. The molecule has 0 saturated carbocycles. The maximum Gasteiger partial charge on any atom is 0.0146 e. The van der Waals surface area contributed by atoms with E-state index in [2.05, 4.69) is 39.4 Å². The molecule has 56 valence electrons. The van der Waals surface area contributed by atoms with E-state index in [9.17, 15) is 0 Å². The van der Waals surface area contributed by atoms with Gasteiger partial charge in [0, 0.05) is 34.3 Å². The van der Waals surface area contributed by atoms with Crippen LogP contribution in [-0.2, 0) is 0 Å². The smallest absolute Gasteiger partial charge is 0.0146 e. The number of halogens is 1. The molecule has 0 radical (unpaired) electrons. The van der Waals surface area contributed by atoms with E-state index in [1.165, 1.54) is 25.9 Å². The Hall–Kier alpha value is 1.04. The van der Waals surface area contributed by atoms with Gasteiger partial charge >= 0.3 is 0 Å². The summed E-state index contributed by atoms with van der Waals surface area (Å²) in [6.45, 7) is 6.88. The molecule has 0 heterocycles. The Morgan fingerprint density at radius 3 is 1.89 bits per heavy atom. The summed E-state index contributed by atoms with van der Waals surface area (Å²) in [5.41, 5.74) is 0. The second-order valence-corrected chi connectivity index (χ2v) is 3.83. The molecule has 1 nitrogen and oxygen atoms in total. The molecule has 0 amide bonds. The molecule has 0 unspecified atom stereocenters. The van der Waals surface area contributed by atoms with Crippen molar-refractivity contribution < 1.29 is 0 Å². The highest BCUT2D eigenvalue weighted by atomic mass is 127. The van der Waals surface area contributed by atoms with E-state index in [-0.39, 0.29) is 0 Å². The van der Waals surface area contributed by atoms with Crippen molar-refractivity contribution in [2.24, 2.45) is 0 Å². The second-order valence-electron chi connectivity index (χ2n) is 2.00. The van der Waals surface area contributed by atoms with Crippen LogP contribution in [0.4, 0.5) is 0 Å². The fourth-order valence-electron chi connectivity index (χ4n) is 0.680. The highest BCUT2D eigenvalue weighted by molar-refractivity contribution is 14.2. The van der Waals surface area contributed by atoms with E-state index >= 15 is 0 Å². The molecule has 0 aliphatic carbocycles. The van der Waals surface area contributed by atoms with Crippen molar-refractivity contribution in [3.8, 4) is 0 Å². The molecule has 0 atom stereocenters. The van der Waals surface area contributed by atoms with Gasteiger partial charge in [0.15, 0.2) is 0 Å². The Labute approximate surface area is 74.3 Å². The van der Waals surface area contributed by atoms with Crippen molar-refractivity contribution in [1.82, 2.24) is 4.31 Å². The number of nitrogens with zero attached hydrogens (tertiary/aromatic N) is 1. The van der Waals surface area contributed by atoms with Crippen LogP contribution in [0.3, 0.4) is 0 Å². The molecule has 0 aliphatic rings. The van der Waals surface area contributed by atoms with Crippen molar-refractivity contribution in [3.63, 3.8) is 0 Å². The van der Waals surface area contributed by atoms with Gasteiger partial charge in [0.25, 0.3) is 0 Å². The van der Waals surface area contributed by atoms with Crippen LogP contribution in [0.2, 0.25) is 0 Å². The Bertz CT molecular complexity index is 55.0. The van der Waals surface area contributed by atoms with Gasteiger partial charge in [-0.15, -0.1) is 0 Å². The van der Waals surface area contributed by atoms with Crippen LogP contribution in [0, 0.1) is 0 Å². The van der Waals surface area contributed by atoms with Crippen LogP contribution in [-0.4, -0.2) is 17.4 Å². The predicted molar refractivity (Wildman–Crippen MR) is 53.8 cm³/mol. The molecule has 0 aromatic rings. The number of rotatable bonds is 5. The van der Waals surface area contributed by atoms with Crippen molar-refractivity contribution in [3.05, 3.63) is 0 Å². The molecular formula is C6H14INS. The summed E-state index contributed by atoms with van der Waals surface area (Å²) >= 11 is 2.34. The van der Waals surface area contributed by atoms with Crippen LogP contribution in [0.25, 0.3) is 0 Å². The van der Waals surface area contributed by atoms with Crippen LogP contribution >= 0.6 is 30.3 Å².